The van der Waals surface area contributed by atoms with Crippen molar-refractivity contribution in [1.29, 1.82) is 0 Å². The molecule has 2 rings (SSSR count). The molecule has 0 fully saturated rings. The molecule has 2 nitrogen and oxygen atoms in total. The SMILES string of the molecule is CC(C)(C)[Si](OCCCCCCCCCCO)(c1ccccc1)c1ccccc1. The van der Waals surface area contributed by atoms with Crippen LogP contribution in [-0.2, 0) is 4.43 Å². The molecule has 0 spiro atoms. The van der Waals surface area contributed by atoms with Crippen LogP contribution in [0.4, 0.5) is 0 Å². The van der Waals surface area contributed by atoms with Crippen molar-refractivity contribution in [3.63, 3.8) is 0 Å². The Morgan fingerprint density at radius 3 is 1.48 bits per heavy atom. The molecule has 0 aromatic heterocycles. The van der Waals surface area contributed by atoms with Gasteiger partial charge in [-0.1, -0.05) is 120 Å². The summed E-state index contributed by atoms with van der Waals surface area (Å²) in [5.74, 6) is 0. The number of rotatable bonds is 13. The predicted octanol–water partition coefficient (Wildman–Crippen LogP) is 5.68. The number of hydrogen-bond donors (Lipinski definition) is 1. The Balaban J connectivity index is 2.00. The van der Waals surface area contributed by atoms with Gasteiger partial charge in [0.2, 0.25) is 0 Å². The molecule has 29 heavy (non-hydrogen) atoms. The number of aliphatic hydroxyl groups is 1. The highest BCUT2D eigenvalue weighted by atomic mass is 28.4. The van der Waals surface area contributed by atoms with Crippen LogP contribution in [0.3, 0.4) is 0 Å². The second kappa shape index (κ2) is 12.3. The summed E-state index contributed by atoms with van der Waals surface area (Å²) < 4.78 is 6.94. The van der Waals surface area contributed by atoms with E-state index in [1.165, 1.54) is 42.5 Å². The monoisotopic (exact) mass is 412 g/mol. The van der Waals surface area contributed by atoms with Crippen molar-refractivity contribution < 1.29 is 9.53 Å². The van der Waals surface area contributed by atoms with Gasteiger partial charge in [-0.15, -0.1) is 0 Å². The molecule has 160 valence electrons. The van der Waals surface area contributed by atoms with Crippen molar-refractivity contribution in [2.75, 3.05) is 13.2 Å². The van der Waals surface area contributed by atoms with Crippen LogP contribution < -0.4 is 10.4 Å². The largest absolute Gasteiger partial charge is 0.407 e. The van der Waals surface area contributed by atoms with Gasteiger partial charge in [0.1, 0.15) is 0 Å². The average molecular weight is 413 g/mol. The molecule has 0 aliphatic carbocycles. The highest BCUT2D eigenvalue weighted by Gasteiger charge is 2.49. The Morgan fingerprint density at radius 2 is 1.07 bits per heavy atom. The minimum Gasteiger partial charge on any atom is -0.407 e. The van der Waals surface area contributed by atoms with Crippen molar-refractivity contribution in [1.82, 2.24) is 0 Å². The lowest BCUT2D eigenvalue weighted by Gasteiger charge is -2.43. The summed E-state index contributed by atoms with van der Waals surface area (Å²) in [6.07, 6.45) is 9.59. The molecule has 1 N–H and O–H groups in total. The Morgan fingerprint density at radius 1 is 0.655 bits per heavy atom. The molecule has 0 amide bonds. The summed E-state index contributed by atoms with van der Waals surface area (Å²) in [5.41, 5.74) is 0. The summed E-state index contributed by atoms with van der Waals surface area (Å²) in [6, 6.07) is 21.8. The molecule has 0 bridgehead atoms. The summed E-state index contributed by atoms with van der Waals surface area (Å²) in [5, 5.41) is 11.6. The lowest BCUT2D eigenvalue weighted by Crippen LogP contribution is -2.66. The zero-order valence-corrected chi connectivity index (χ0v) is 19.7. The van der Waals surface area contributed by atoms with Gasteiger partial charge >= 0.3 is 0 Å². The first kappa shape index (κ1) is 23.9. The van der Waals surface area contributed by atoms with E-state index in [2.05, 4.69) is 81.4 Å². The Hall–Kier alpha value is -1.42. The second-order valence-corrected chi connectivity index (χ2v) is 13.4. The van der Waals surface area contributed by atoms with Gasteiger partial charge in [-0.05, 0) is 28.3 Å². The lowest BCUT2D eigenvalue weighted by molar-refractivity contribution is 0.281. The zero-order valence-electron chi connectivity index (χ0n) is 18.7. The maximum Gasteiger partial charge on any atom is 0.261 e. The summed E-state index contributed by atoms with van der Waals surface area (Å²) in [6.45, 7) is 8.18. The summed E-state index contributed by atoms with van der Waals surface area (Å²) in [7, 11) is -2.36. The van der Waals surface area contributed by atoms with Crippen molar-refractivity contribution >= 4 is 18.7 Å². The van der Waals surface area contributed by atoms with Gasteiger partial charge in [0.15, 0.2) is 0 Å². The van der Waals surface area contributed by atoms with Crippen LogP contribution in [0.25, 0.3) is 0 Å². The number of hydrogen-bond acceptors (Lipinski definition) is 2. The quantitative estimate of drug-likeness (QED) is 0.339. The minimum atomic E-state index is -2.36. The molecular formula is C26H40O2Si. The molecular weight excluding hydrogens is 372 g/mol. The summed E-state index contributed by atoms with van der Waals surface area (Å²) in [4.78, 5) is 0. The van der Waals surface area contributed by atoms with Crippen LogP contribution in [0, 0.1) is 0 Å². The van der Waals surface area contributed by atoms with E-state index in [0.29, 0.717) is 6.61 Å². The average Bonchev–Trinajstić information content (AvgIpc) is 2.72. The third-order valence-electron chi connectivity index (χ3n) is 5.79. The number of aliphatic hydroxyl groups excluding tert-OH is 1. The number of unbranched alkanes of at least 4 members (excludes halogenated alkanes) is 7. The molecule has 0 radical (unpaired) electrons. The molecule has 0 aliphatic heterocycles. The fourth-order valence-electron chi connectivity index (χ4n) is 4.26. The van der Waals surface area contributed by atoms with E-state index >= 15 is 0 Å². The van der Waals surface area contributed by atoms with Crippen molar-refractivity contribution in [3.05, 3.63) is 60.7 Å². The second-order valence-electron chi connectivity index (χ2n) is 9.06. The molecule has 2 aromatic carbocycles. The van der Waals surface area contributed by atoms with Crippen LogP contribution in [0.2, 0.25) is 5.04 Å². The van der Waals surface area contributed by atoms with E-state index in [0.717, 1.165) is 25.9 Å². The van der Waals surface area contributed by atoms with E-state index in [9.17, 15) is 0 Å². The van der Waals surface area contributed by atoms with Gasteiger partial charge in [-0.3, -0.25) is 0 Å². The maximum atomic E-state index is 8.84. The molecule has 0 atom stereocenters. The van der Waals surface area contributed by atoms with Gasteiger partial charge < -0.3 is 9.53 Å². The molecule has 0 aliphatic rings. The van der Waals surface area contributed by atoms with E-state index < -0.39 is 8.32 Å². The molecule has 2 aromatic rings. The van der Waals surface area contributed by atoms with Crippen LogP contribution in [-0.4, -0.2) is 26.6 Å². The fraction of sp³-hybridized carbons (Fsp3) is 0.538. The topological polar surface area (TPSA) is 29.5 Å². The van der Waals surface area contributed by atoms with Gasteiger partial charge in [0, 0.05) is 13.2 Å². The highest BCUT2D eigenvalue weighted by Crippen LogP contribution is 2.36. The zero-order chi connectivity index (χ0) is 21.0. The molecule has 0 saturated carbocycles. The van der Waals surface area contributed by atoms with Gasteiger partial charge in [0.25, 0.3) is 8.32 Å². The van der Waals surface area contributed by atoms with E-state index in [4.69, 9.17) is 9.53 Å². The molecule has 0 heterocycles. The van der Waals surface area contributed by atoms with E-state index in [1.807, 2.05) is 0 Å². The van der Waals surface area contributed by atoms with Crippen molar-refractivity contribution in [2.24, 2.45) is 0 Å². The Kier molecular flexibility index (Phi) is 10.1. The maximum absolute atomic E-state index is 8.84. The van der Waals surface area contributed by atoms with Crippen LogP contribution in [0.1, 0.15) is 72.1 Å². The Bertz CT molecular complexity index is 625. The fourth-order valence-corrected chi connectivity index (χ4v) is 8.87. The third kappa shape index (κ3) is 6.80. The van der Waals surface area contributed by atoms with Crippen LogP contribution >= 0.6 is 0 Å². The first-order valence-corrected chi connectivity index (χ1v) is 13.3. The molecule has 0 saturated heterocycles. The van der Waals surface area contributed by atoms with E-state index in [-0.39, 0.29) is 5.04 Å². The lowest BCUT2D eigenvalue weighted by atomic mass is 10.1. The van der Waals surface area contributed by atoms with Gasteiger partial charge in [-0.25, -0.2) is 0 Å². The molecule has 3 heteroatoms. The highest BCUT2D eigenvalue weighted by molar-refractivity contribution is 6.99. The smallest absolute Gasteiger partial charge is 0.261 e. The molecule has 0 unspecified atom stereocenters. The summed E-state index contributed by atoms with van der Waals surface area (Å²) >= 11 is 0. The van der Waals surface area contributed by atoms with Crippen LogP contribution in [0.15, 0.2) is 60.7 Å². The first-order chi connectivity index (χ1) is 14.0. The first-order valence-electron chi connectivity index (χ1n) is 11.4. The van der Waals surface area contributed by atoms with Crippen molar-refractivity contribution in [3.8, 4) is 0 Å². The van der Waals surface area contributed by atoms with Gasteiger partial charge in [-0.2, -0.15) is 0 Å². The standard InChI is InChI=1S/C26H40O2Si/c1-26(2,3)29(24-18-12-10-13-19-24,25-20-14-11-15-21-25)28-23-17-9-7-5-4-6-8-16-22-27/h10-15,18-21,27H,4-9,16-17,22-23H2,1-3H3. The van der Waals surface area contributed by atoms with E-state index in [1.54, 1.807) is 0 Å². The normalized spacial score (nSPS) is 12.3. The minimum absolute atomic E-state index is 0.0579. The van der Waals surface area contributed by atoms with Gasteiger partial charge in [0.05, 0.1) is 0 Å². The third-order valence-corrected chi connectivity index (χ3v) is 10.8. The Labute approximate surface area is 179 Å². The van der Waals surface area contributed by atoms with Crippen molar-refractivity contribution in [2.45, 2.75) is 77.2 Å². The number of benzene rings is 2. The van der Waals surface area contributed by atoms with Crippen LogP contribution in [0.5, 0.6) is 0 Å². The predicted molar refractivity (Wildman–Crippen MR) is 128 cm³/mol.